The van der Waals surface area contributed by atoms with Crippen LogP contribution in [0.5, 0.6) is 0 Å². The van der Waals surface area contributed by atoms with Crippen LogP contribution in [0, 0.1) is 5.92 Å². The van der Waals surface area contributed by atoms with Gasteiger partial charge >= 0.3 is 5.97 Å². The number of nitrogens with two attached hydrogens (primary N) is 1. The minimum absolute atomic E-state index is 0.0475. The minimum Gasteiger partial charge on any atom is -0.480 e. The molecule has 0 aromatic carbocycles. The maximum atomic E-state index is 12.5. The third kappa shape index (κ3) is 3.63. The molecule has 0 radical (unpaired) electrons. The van der Waals surface area contributed by atoms with E-state index in [2.05, 4.69) is 0 Å². The van der Waals surface area contributed by atoms with Crippen LogP contribution in [0.1, 0.15) is 40.0 Å². The van der Waals surface area contributed by atoms with Crippen molar-refractivity contribution in [3.8, 4) is 0 Å². The summed E-state index contributed by atoms with van der Waals surface area (Å²) in [7, 11) is 0. The number of carboxylic acids is 1. The van der Waals surface area contributed by atoms with Gasteiger partial charge in [-0.15, -0.1) is 11.8 Å². The molecule has 0 aromatic heterocycles. The van der Waals surface area contributed by atoms with Crippen molar-refractivity contribution in [3.05, 3.63) is 0 Å². The topological polar surface area (TPSA) is 83.6 Å². The van der Waals surface area contributed by atoms with Gasteiger partial charge in [0.2, 0.25) is 5.91 Å². The zero-order valence-corrected chi connectivity index (χ0v) is 12.7. The fourth-order valence-electron chi connectivity index (χ4n) is 2.19. The molecule has 0 bridgehead atoms. The molecule has 1 amide bonds. The van der Waals surface area contributed by atoms with E-state index in [4.69, 9.17) is 5.73 Å². The second-order valence-electron chi connectivity index (χ2n) is 5.09. The lowest BCUT2D eigenvalue weighted by molar-refractivity contribution is -0.150. The average Bonchev–Trinajstić information content (AvgIpc) is 2.80. The molecular formula is C13H24N2O3S. The van der Waals surface area contributed by atoms with Gasteiger partial charge in [0, 0.05) is 5.75 Å². The number of thioether (sulfide) groups is 1. The predicted octanol–water partition coefficient (Wildman–Crippen LogP) is 1.51. The van der Waals surface area contributed by atoms with Crippen molar-refractivity contribution in [2.24, 2.45) is 11.7 Å². The Morgan fingerprint density at radius 2 is 2.11 bits per heavy atom. The van der Waals surface area contributed by atoms with Crippen LogP contribution in [0.2, 0.25) is 0 Å². The Bertz CT molecular complexity index is 338. The summed E-state index contributed by atoms with van der Waals surface area (Å²) < 4.78 is 0. The second-order valence-corrected chi connectivity index (χ2v) is 6.30. The molecule has 0 saturated carbocycles. The van der Waals surface area contributed by atoms with Crippen molar-refractivity contribution in [2.45, 2.75) is 57.5 Å². The van der Waals surface area contributed by atoms with E-state index >= 15 is 0 Å². The van der Waals surface area contributed by atoms with Gasteiger partial charge in [-0.3, -0.25) is 4.79 Å². The molecule has 5 nitrogen and oxygen atoms in total. The van der Waals surface area contributed by atoms with Gasteiger partial charge in [-0.25, -0.2) is 4.79 Å². The molecule has 1 fully saturated rings. The number of hydrogen-bond acceptors (Lipinski definition) is 4. The SMILES string of the molecule is CCCC1SCC(C(=O)O)N1C(=O)C(N)C(C)CC. The van der Waals surface area contributed by atoms with Gasteiger partial charge in [0.15, 0.2) is 0 Å². The molecule has 0 spiro atoms. The molecule has 4 atom stereocenters. The highest BCUT2D eigenvalue weighted by Crippen LogP contribution is 2.33. The molecule has 1 saturated heterocycles. The molecule has 3 N–H and O–H groups in total. The first-order valence-electron chi connectivity index (χ1n) is 6.86. The summed E-state index contributed by atoms with van der Waals surface area (Å²) in [6.07, 6.45) is 2.55. The van der Waals surface area contributed by atoms with Crippen molar-refractivity contribution in [1.82, 2.24) is 4.90 Å². The monoisotopic (exact) mass is 288 g/mol. The Morgan fingerprint density at radius 3 is 2.58 bits per heavy atom. The largest absolute Gasteiger partial charge is 0.480 e. The van der Waals surface area contributed by atoms with Gasteiger partial charge in [0.05, 0.1) is 11.4 Å². The van der Waals surface area contributed by atoms with Gasteiger partial charge in [-0.2, -0.15) is 0 Å². The first-order valence-corrected chi connectivity index (χ1v) is 7.91. The van der Waals surface area contributed by atoms with E-state index in [0.717, 1.165) is 19.3 Å². The van der Waals surface area contributed by atoms with Crippen molar-refractivity contribution in [3.63, 3.8) is 0 Å². The van der Waals surface area contributed by atoms with Crippen LogP contribution in [0.3, 0.4) is 0 Å². The molecule has 1 heterocycles. The van der Waals surface area contributed by atoms with E-state index in [1.165, 1.54) is 4.90 Å². The number of hydrogen-bond donors (Lipinski definition) is 2. The summed E-state index contributed by atoms with van der Waals surface area (Å²) in [4.78, 5) is 25.3. The Balaban J connectivity index is 2.88. The van der Waals surface area contributed by atoms with Crippen LogP contribution in [0.25, 0.3) is 0 Å². The quantitative estimate of drug-likeness (QED) is 0.774. The summed E-state index contributed by atoms with van der Waals surface area (Å²) in [6, 6.07) is -1.34. The average molecular weight is 288 g/mol. The Morgan fingerprint density at radius 1 is 1.47 bits per heavy atom. The first kappa shape index (κ1) is 16.3. The molecule has 1 aliphatic rings. The fraction of sp³-hybridized carbons (Fsp3) is 0.846. The summed E-state index contributed by atoms with van der Waals surface area (Å²) in [5.41, 5.74) is 5.98. The second kappa shape index (κ2) is 7.14. The van der Waals surface area contributed by atoms with E-state index in [1.54, 1.807) is 11.8 Å². The van der Waals surface area contributed by atoms with Crippen LogP contribution >= 0.6 is 11.8 Å². The number of nitrogens with zero attached hydrogens (tertiary/aromatic N) is 1. The lowest BCUT2D eigenvalue weighted by Gasteiger charge is -2.31. The molecule has 0 aliphatic carbocycles. The third-order valence-corrected chi connectivity index (χ3v) is 5.07. The smallest absolute Gasteiger partial charge is 0.327 e. The molecule has 19 heavy (non-hydrogen) atoms. The number of carbonyl (C=O) groups is 2. The van der Waals surface area contributed by atoms with E-state index < -0.39 is 18.1 Å². The van der Waals surface area contributed by atoms with Gasteiger partial charge < -0.3 is 15.7 Å². The van der Waals surface area contributed by atoms with Crippen LogP contribution in [0.4, 0.5) is 0 Å². The van der Waals surface area contributed by atoms with Crippen LogP contribution in [0.15, 0.2) is 0 Å². The highest BCUT2D eigenvalue weighted by molar-refractivity contribution is 8.00. The molecule has 1 rings (SSSR count). The third-order valence-electron chi connectivity index (χ3n) is 3.71. The Hall–Kier alpha value is -0.750. The molecule has 4 unspecified atom stereocenters. The number of aliphatic carboxylic acids is 1. The molecule has 6 heteroatoms. The van der Waals surface area contributed by atoms with Crippen molar-refractivity contribution in [2.75, 3.05) is 5.75 Å². The van der Waals surface area contributed by atoms with Crippen molar-refractivity contribution < 1.29 is 14.7 Å². The predicted molar refractivity (Wildman–Crippen MR) is 76.9 cm³/mol. The standard InChI is InChI=1S/C13H24N2O3S/c1-4-6-10-15(9(7-19-10)13(17)18)12(16)11(14)8(3)5-2/h8-11H,4-7,14H2,1-3H3,(H,17,18). The zero-order chi connectivity index (χ0) is 14.6. The molecule has 110 valence electrons. The van der Waals surface area contributed by atoms with Crippen molar-refractivity contribution >= 4 is 23.6 Å². The first-order chi connectivity index (χ1) is 8.93. The highest BCUT2D eigenvalue weighted by Gasteiger charge is 2.43. The number of carboxylic acid groups (broad SMARTS) is 1. The van der Waals surface area contributed by atoms with Gasteiger partial charge in [-0.05, 0) is 12.3 Å². The van der Waals surface area contributed by atoms with Gasteiger partial charge in [0.1, 0.15) is 6.04 Å². The van der Waals surface area contributed by atoms with E-state index in [0.29, 0.717) is 5.75 Å². The van der Waals surface area contributed by atoms with Crippen LogP contribution < -0.4 is 5.73 Å². The van der Waals surface area contributed by atoms with E-state index in [1.807, 2.05) is 20.8 Å². The summed E-state index contributed by atoms with van der Waals surface area (Å²) >= 11 is 1.55. The normalized spacial score (nSPS) is 26.2. The fourth-order valence-corrected chi connectivity index (χ4v) is 3.71. The molecule has 1 aliphatic heterocycles. The lowest BCUT2D eigenvalue weighted by atomic mass is 9.98. The summed E-state index contributed by atoms with van der Waals surface area (Å²) in [6.45, 7) is 5.94. The Labute approximate surface area is 118 Å². The van der Waals surface area contributed by atoms with E-state index in [-0.39, 0.29) is 17.2 Å². The number of carbonyl (C=O) groups excluding carboxylic acids is 1. The maximum absolute atomic E-state index is 12.5. The number of amides is 1. The lowest BCUT2D eigenvalue weighted by Crippen LogP contribution is -2.53. The highest BCUT2D eigenvalue weighted by atomic mass is 32.2. The van der Waals surface area contributed by atoms with Crippen LogP contribution in [-0.2, 0) is 9.59 Å². The summed E-state index contributed by atoms with van der Waals surface area (Å²) in [5, 5.41) is 9.20. The molecule has 0 aromatic rings. The van der Waals surface area contributed by atoms with E-state index in [9.17, 15) is 14.7 Å². The van der Waals surface area contributed by atoms with Crippen molar-refractivity contribution in [1.29, 1.82) is 0 Å². The summed E-state index contributed by atoms with van der Waals surface area (Å²) in [5.74, 6) is -0.630. The zero-order valence-electron chi connectivity index (χ0n) is 11.8. The number of rotatable bonds is 6. The molecular weight excluding hydrogens is 264 g/mol. The van der Waals surface area contributed by atoms with Gasteiger partial charge in [0.25, 0.3) is 0 Å². The Kier molecular flexibility index (Phi) is 6.13. The maximum Gasteiger partial charge on any atom is 0.327 e. The van der Waals surface area contributed by atoms with Gasteiger partial charge in [-0.1, -0.05) is 33.6 Å². The minimum atomic E-state index is -0.934. The van der Waals surface area contributed by atoms with Crippen LogP contribution in [-0.4, -0.2) is 45.1 Å².